The molecule has 0 aliphatic heterocycles. The summed E-state index contributed by atoms with van der Waals surface area (Å²) in [6.45, 7) is 0. The molecule has 0 atom stereocenters. The average molecular weight is 370 g/mol. The van der Waals surface area contributed by atoms with Crippen molar-refractivity contribution in [1.82, 2.24) is 4.98 Å². The van der Waals surface area contributed by atoms with Crippen LogP contribution in [-0.2, 0) is 5.75 Å². The molecule has 4 heteroatoms. The first-order chi connectivity index (χ1) is 13.3. The molecule has 4 rings (SSSR count). The van der Waals surface area contributed by atoms with Gasteiger partial charge in [-0.2, -0.15) is 0 Å². The van der Waals surface area contributed by atoms with Crippen molar-refractivity contribution in [2.24, 2.45) is 0 Å². The Hall–Kier alpha value is -3.11. The lowest BCUT2D eigenvalue weighted by Crippen LogP contribution is -2.11. The van der Waals surface area contributed by atoms with Gasteiger partial charge in [0.25, 0.3) is 5.91 Å². The van der Waals surface area contributed by atoms with E-state index in [0.29, 0.717) is 5.56 Å². The predicted molar refractivity (Wildman–Crippen MR) is 112 cm³/mol. The minimum atomic E-state index is -0.0967. The van der Waals surface area contributed by atoms with Crippen LogP contribution in [-0.4, -0.2) is 10.9 Å². The summed E-state index contributed by atoms with van der Waals surface area (Å²) in [5.74, 6) is 0.745. The first-order valence-electron chi connectivity index (χ1n) is 8.71. The molecule has 0 bridgehead atoms. The maximum atomic E-state index is 12.3. The summed E-state index contributed by atoms with van der Waals surface area (Å²) in [5, 5.41) is 4.07. The molecule has 0 aliphatic carbocycles. The fourth-order valence-corrected chi connectivity index (χ4v) is 3.83. The Balaban J connectivity index is 1.42. The molecular weight excluding hydrogens is 352 g/mol. The van der Waals surface area contributed by atoms with Crippen LogP contribution in [0.2, 0.25) is 0 Å². The Morgan fingerprint density at radius 2 is 1.59 bits per heavy atom. The van der Waals surface area contributed by atoms with E-state index >= 15 is 0 Å². The second kappa shape index (κ2) is 8.06. The lowest BCUT2D eigenvalue weighted by atomic mass is 10.1. The van der Waals surface area contributed by atoms with E-state index in [1.807, 2.05) is 79.0 Å². The largest absolute Gasteiger partial charge is 0.322 e. The van der Waals surface area contributed by atoms with Gasteiger partial charge in [-0.25, -0.2) is 0 Å². The monoisotopic (exact) mass is 370 g/mol. The lowest BCUT2D eigenvalue weighted by Gasteiger charge is -2.07. The summed E-state index contributed by atoms with van der Waals surface area (Å²) in [4.78, 5) is 17.9. The van der Waals surface area contributed by atoms with Gasteiger partial charge in [0.2, 0.25) is 0 Å². The van der Waals surface area contributed by atoms with Gasteiger partial charge in [-0.1, -0.05) is 48.5 Å². The first kappa shape index (κ1) is 17.3. The number of amides is 1. The lowest BCUT2D eigenvalue weighted by molar-refractivity contribution is 0.102. The Labute approximate surface area is 162 Å². The molecule has 1 N–H and O–H groups in total. The molecule has 132 valence electrons. The molecule has 1 aromatic heterocycles. The van der Waals surface area contributed by atoms with E-state index in [9.17, 15) is 4.79 Å². The van der Waals surface area contributed by atoms with Gasteiger partial charge in [-0.15, -0.1) is 11.8 Å². The number of carbonyl (C=O) groups is 1. The van der Waals surface area contributed by atoms with Crippen LogP contribution in [0.5, 0.6) is 0 Å². The van der Waals surface area contributed by atoms with Crippen molar-refractivity contribution in [3.63, 3.8) is 0 Å². The molecule has 4 aromatic rings. The average Bonchev–Trinajstić information content (AvgIpc) is 2.73. The highest BCUT2D eigenvalue weighted by atomic mass is 32.2. The van der Waals surface area contributed by atoms with E-state index in [1.54, 1.807) is 11.8 Å². The minimum Gasteiger partial charge on any atom is -0.322 e. The van der Waals surface area contributed by atoms with Gasteiger partial charge >= 0.3 is 0 Å². The number of anilines is 1. The third kappa shape index (κ3) is 4.18. The Bertz CT molecular complexity index is 1060. The summed E-state index contributed by atoms with van der Waals surface area (Å²) in [5.41, 5.74) is 3.64. The van der Waals surface area contributed by atoms with Gasteiger partial charge in [-0.3, -0.25) is 9.78 Å². The van der Waals surface area contributed by atoms with Crippen molar-refractivity contribution < 1.29 is 4.79 Å². The zero-order valence-electron chi connectivity index (χ0n) is 14.6. The second-order valence-electron chi connectivity index (χ2n) is 6.13. The first-order valence-corrected chi connectivity index (χ1v) is 9.70. The molecule has 0 saturated carbocycles. The molecule has 0 fully saturated rings. The van der Waals surface area contributed by atoms with Crippen LogP contribution < -0.4 is 5.32 Å². The number of hydrogen-bond donors (Lipinski definition) is 1. The molecular formula is C23H18N2OS. The van der Waals surface area contributed by atoms with E-state index in [0.717, 1.165) is 17.0 Å². The fraction of sp³-hybridized carbons (Fsp3) is 0.0435. The smallest absolute Gasteiger partial charge is 0.255 e. The van der Waals surface area contributed by atoms with Crippen LogP contribution in [0.4, 0.5) is 5.69 Å². The number of nitrogens with zero attached hydrogens (tertiary/aromatic N) is 1. The fourth-order valence-electron chi connectivity index (χ4n) is 2.83. The summed E-state index contributed by atoms with van der Waals surface area (Å²) in [6, 6.07) is 27.5. The van der Waals surface area contributed by atoms with Crippen molar-refractivity contribution in [1.29, 1.82) is 0 Å². The molecule has 0 unspecified atom stereocenters. The molecule has 0 spiro atoms. The third-order valence-electron chi connectivity index (χ3n) is 4.25. The van der Waals surface area contributed by atoms with Crippen LogP contribution in [0.3, 0.4) is 0 Å². The van der Waals surface area contributed by atoms with E-state index in [2.05, 4.69) is 22.4 Å². The van der Waals surface area contributed by atoms with E-state index in [1.165, 1.54) is 15.8 Å². The molecule has 0 aliphatic rings. The molecule has 0 saturated heterocycles. The van der Waals surface area contributed by atoms with Gasteiger partial charge in [-0.05, 0) is 42.0 Å². The number of nitrogens with one attached hydrogen (secondary N) is 1. The maximum absolute atomic E-state index is 12.3. The molecule has 1 amide bonds. The molecule has 3 nitrogen and oxygen atoms in total. The van der Waals surface area contributed by atoms with Gasteiger partial charge in [0, 0.05) is 33.5 Å². The Kier molecular flexibility index (Phi) is 5.17. The Morgan fingerprint density at radius 3 is 2.41 bits per heavy atom. The van der Waals surface area contributed by atoms with Gasteiger partial charge < -0.3 is 5.32 Å². The standard InChI is InChI=1S/C23H18N2OS/c26-23(25-19-6-2-1-3-7-19)18-12-10-17(11-13-18)16-27-22-14-15-24-21-9-5-4-8-20(21)22/h1-15H,16H2,(H,25,26). The van der Waals surface area contributed by atoms with Gasteiger partial charge in [0.1, 0.15) is 0 Å². The maximum Gasteiger partial charge on any atom is 0.255 e. The number of fused-ring (bicyclic) bond motifs is 1. The number of hydrogen-bond acceptors (Lipinski definition) is 3. The summed E-state index contributed by atoms with van der Waals surface area (Å²) >= 11 is 1.78. The number of pyridine rings is 1. The van der Waals surface area contributed by atoms with E-state index < -0.39 is 0 Å². The Morgan fingerprint density at radius 1 is 0.852 bits per heavy atom. The molecule has 1 heterocycles. The highest BCUT2D eigenvalue weighted by Gasteiger charge is 2.07. The molecule has 0 radical (unpaired) electrons. The van der Waals surface area contributed by atoms with Crippen LogP contribution in [0, 0.1) is 0 Å². The number of benzene rings is 3. The highest BCUT2D eigenvalue weighted by Crippen LogP contribution is 2.29. The van der Waals surface area contributed by atoms with E-state index in [-0.39, 0.29) is 5.91 Å². The predicted octanol–water partition coefficient (Wildman–Crippen LogP) is 5.78. The van der Waals surface area contributed by atoms with Crippen molar-refractivity contribution in [2.45, 2.75) is 10.6 Å². The van der Waals surface area contributed by atoms with E-state index in [4.69, 9.17) is 0 Å². The van der Waals surface area contributed by atoms with Gasteiger partial charge in [0.05, 0.1) is 5.52 Å². The van der Waals surface area contributed by atoms with Gasteiger partial charge in [0.15, 0.2) is 0 Å². The van der Waals surface area contributed by atoms with Crippen LogP contribution in [0.15, 0.2) is 96.0 Å². The SMILES string of the molecule is O=C(Nc1ccccc1)c1ccc(CSc2ccnc3ccccc23)cc1. The number of para-hydroxylation sites is 2. The molecule has 27 heavy (non-hydrogen) atoms. The van der Waals surface area contributed by atoms with Crippen LogP contribution >= 0.6 is 11.8 Å². The summed E-state index contributed by atoms with van der Waals surface area (Å²) in [7, 11) is 0. The number of carbonyl (C=O) groups excluding carboxylic acids is 1. The zero-order chi connectivity index (χ0) is 18.5. The minimum absolute atomic E-state index is 0.0967. The van der Waals surface area contributed by atoms with Crippen molar-refractivity contribution >= 4 is 34.3 Å². The highest BCUT2D eigenvalue weighted by molar-refractivity contribution is 7.98. The summed E-state index contributed by atoms with van der Waals surface area (Å²) in [6.07, 6.45) is 1.85. The van der Waals surface area contributed by atoms with Crippen LogP contribution in [0.1, 0.15) is 15.9 Å². The van der Waals surface area contributed by atoms with Crippen molar-refractivity contribution in [3.05, 3.63) is 102 Å². The van der Waals surface area contributed by atoms with Crippen LogP contribution in [0.25, 0.3) is 10.9 Å². The zero-order valence-corrected chi connectivity index (χ0v) is 15.4. The van der Waals surface area contributed by atoms with Crippen molar-refractivity contribution in [2.75, 3.05) is 5.32 Å². The van der Waals surface area contributed by atoms with Crippen molar-refractivity contribution in [3.8, 4) is 0 Å². The quantitative estimate of drug-likeness (QED) is 0.453. The number of thioether (sulfide) groups is 1. The number of rotatable bonds is 5. The summed E-state index contributed by atoms with van der Waals surface area (Å²) < 4.78 is 0. The topological polar surface area (TPSA) is 42.0 Å². The second-order valence-corrected chi connectivity index (χ2v) is 7.15. The molecule has 3 aromatic carbocycles. The normalized spacial score (nSPS) is 10.7. The third-order valence-corrected chi connectivity index (χ3v) is 5.40. The number of aromatic nitrogens is 1.